The molecule has 2 aromatic rings. The highest BCUT2D eigenvalue weighted by atomic mass is 32.1. The van der Waals surface area contributed by atoms with Crippen molar-refractivity contribution in [2.45, 2.75) is 13.3 Å². The summed E-state index contributed by atoms with van der Waals surface area (Å²) in [6.45, 7) is 2.77. The molecule has 2 heterocycles. The number of nitrogens with one attached hydrogen (secondary N) is 1. The molecule has 0 aromatic carbocycles. The van der Waals surface area contributed by atoms with Crippen molar-refractivity contribution < 1.29 is 9.53 Å². The van der Waals surface area contributed by atoms with Crippen LogP contribution in [0.15, 0.2) is 11.8 Å². The van der Waals surface area contributed by atoms with Crippen LogP contribution >= 0.6 is 11.3 Å². The number of thiazole rings is 1. The predicted molar refractivity (Wildman–Crippen MR) is 71.3 cm³/mol. The van der Waals surface area contributed by atoms with Gasteiger partial charge < -0.3 is 14.6 Å². The van der Waals surface area contributed by atoms with Gasteiger partial charge in [0.15, 0.2) is 5.69 Å². The van der Waals surface area contributed by atoms with Crippen LogP contribution in [0, 0.1) is 0 Å². The fraction of sp³-hybridized carbons (Fsp3) is 0.455. The van der Waals surface area contributed by atoms with Gasteiger partial charge >= 0.3 is 5.97 Å². The van der Waals surface area contributed by atoms with E-state index in [1.54, 1.807) is 18.8 Å². The fourth-order valence-electron chi connectivity index (χ4n) is 1.54. The molecule has 8 heteroatoms. The van der Waals surface area contributed by atoms with Crippen LogP contribution in [0.2, 0.25) is 0 Å². The number of ether oxygens (including phenoxy) is 1. The van der Waals surface area contributed by atoms with E-state index in [-0.39, 0.29) is 0 Å². The van der Waals surface area contributed by atoms with Crippen LogP contribution in [-0.4, -0.2) is 38.9 Å². The lowest BCUT2D eigenvalue weighted by Gasteiger charge is -2.05. The summed E-state index contributed by atoms with van der Waals surface area (Å²) in [6, 6.07) is 0. The van der Waals surface area contributed by atoms with Gasteiger partial charge in [-0.1, -0.05) is 0 Å². The Hall–Kier alpha value is -1.96. The van der Waals surface area contributed by atoms with E-state index < -0.39 is 5.97 Å². The Kier molecular flexibility index (Phi) is 4.45. The molecule has 0 atom stereocenters. The second-order valence-electron chi connectivity index (χ2n) is 3.79. The zero-order valence-corrected chi connectivity index (χ0v) is 11.6. The summed E-state index contributed by atoms with van der Waals surface area (Å²) >= 11 is 1.38. The van der Waals surface area contributed by atoms with Crippen LogP contribution in [0.25, 0.3) is 0 Å². The first-order valence-corrected chi connectivity index (χ1v) is 6.77. The maximum Gasteiger partial charge on any atom is 0.360 e. The Bertz CT molecular complexity index is 551. The molecule has 0 aliphatic heterocycles. The zero-order valence-electron chi connectivity index (χ0n) is 10.8. The van der Waals surface area contributed by atoms with Crippen LogP contribution in [-0.2, 0) is 18.2 Å². The first-order valence-electron chi connectivity index (χ1n) is 5.89. The minimum atomic E-state index is -0.398. The Labute approximate surface area is 114 Å². The Balaban J connectivity index is 1.91. The van der Waals surface area contributed by atoms with Gasteiger partial charge in [-0.25, -0.2) is 9.78 Å². The monoisotopic (exact) mass is 281 g/mol. The number of hydrogen-bond donors (Lipinski definition) is 1. The summed E-state index contributed by atoms with van der Waals surface area (Å²) in [7, 11) is 1.89. The summed E-state index contributed by atoms with van der Waals surface area (Å²) in [5.74, 6) is 0.486. The highest BCUT2D eigenvalue weighted by Crippen LogP contribution is 2.20. The van der Waals surface area contributed by atoms with Crippen molar-refractivity contribution in [3.63, 3.8) is 0 Å². The van der Waals surface area contributed by atoms with E-state index in [0.717, 1.165) is 17.2 Å². The lowest BCUT2D eigenvalue weighted by molar-refractivity contribution is 0.0521. The molecule has 0 fully saturated rings. The lowest BCUT2D eigenvalue weighted by Crippen LogP contribution is -2.12. The summed E-state index contributed by atoms with van der Waals surface area (Å²) in [6.07, 6.45) is 2.38. The van der Waals surface area contributed by atoms with Crippen LogP contribution in [0.4, 0.5) is 5.00 Å². The SMILES string of the molecule is CCOC(=O)c1ncsc1NCCc1nncn1C. The molecule has 0 saturated carbocycles. The molecule has 19 heavy (non-hydrogen) atoms. The average molecular weight is 281 g/mol. The third kappa shape index (κ3) is 3.28. The van der Waals surface area contributed by atoms with E-state index in [9.17, 15) is 4.79 Å². The number of hydrogen-bond acceptors (Lipinski definition) is 7. The third-order valence-electron chi connectivity index (χ3n) is 2.48. The average Bonchev–Trinajstić information content (AvgIpc) is 3.00. The molecule has 0 bridgehead atoms. The van der Waals surface area contributed by atoms with Crippen LogP contribution in [0.1, 0.15) is 23.2 Å². The Morgan fingerprint density at radius 1 is 1.58 bits per heavy atom. The van der Waals surface area contributed by atoms with Gasteiger partial charge in [0.25, 0.3) is 0 Å². The normalized spacial score (nSPS) is 10.4. The number of esters is 1. The van der Waals surface area contributed by atoms with Gasteiger partial charge in [-0.2, -0.15) is 0 Å². The number of nitrogens with zero attached hydrogens (tertiary/aromatic N) is 4. The largest absolute Gasteiger partial charge is 0.461 e. The standard InChI is InChI=1S/C11H15N5O2S/c1-3-18-11(17)9-10(19-7-13-9)12-5-4-8-15-14-6-16(8)2/h6-7,12H,3-5H2,1-2H3. The molecule has 0 aliphatic rings. The third-order valence-corrected chi connectivity index (χ3v) is 3.26. The van der Waals surface area contributed by atoms with Gasteiger partial charge in [0.2, 0.25) is 0 Å². The van der Waals surface area contributed by atoms with Crippen LogP contribution in [0.3, 0.4) is 0 Å². The topological polar surface area (TPSA) is 81.9 Å². The highest BCUT2D eigenvalue weighted by molar-refractivity contribution is 7.14. The molecule has 2 rings (SSSR count). The summed E-state index contributed by atoms with van der Waals surface area (Å²) < 4.78 is 6.80. The van der Waals surface area contributed by atoms with Gasteiger partial charge in [-0.05, 0) is 6.92 Å². The van der Waals surface area contributed by atoms with Gasteiger partial charge in [-0.15, -0.1) is 21.5 Å². The molecule has 0 radical (unpaired) electrons. The maximum absolute atomic E-state index is 11.6. The predicted octanol–water partition coefficient (Wildman–Crippen LogP) is 1.10. The van der Waals surface area contributed by atoms with Gasteiger partial charge in [-0.3, -0.25) is 0 Å². The molecule has 0 unspecified atom stereocenters. The van der Waals surface area contributed by atoms with Gasteiger partial charge in [0.1, 0.15) is 17.2 Å². The number of carbonyl (C=O) groups is 1. The van der Waals surface area contributed by atoms with E-state index in [2.05, 4.69) is 20.5 Å². The number of anilines is 1. The number of rotatable bonds is 6. The molecule has 0 amide bonds. The molecular weight excluding hydrogens is 266 g/mol. The van der Waals surface area contributed by atoms with E-state index in [4.69, 9.17) is 4.74 Å². The van der Waals surface area contributed by atoms with E-state index in [0.29, 0.717) is 18.8 Å². The first-order chi connectivity index (χ1) is 9.22. The minimum Gasteiger partial charge on any atom is -0.461 e. The van der Waals surface area contributed by atoms with Gasteiger partial charge in [0, 0.05) is 20.0 Å². The minimum absolute atomic E-state index is 0.338. The smallest absolute Gasteiger partial charge is 0.360 e. The number of aromatic nitrogens is 4. The Morgan fingerprint density at radius 2 is 2.42 bits per heavy atom. The zero-order chi connectivity index (χ0) is 13.7. The van der Waals surface area contributed by atoms with Crippen molar-refractivity contribution in [2.75, 3.05) is 18.5 Å². The molecule has 0 saturated heterocycles. The summed E-state index contributed by atoms with van der Waals surface area (Å²) in [4.78, 5) is 15.6. The van der Waals surface area contributed by atoms with E-state index in [1.165, 1.54) is 11.3 Å². The maximum atomic E-state index is 11.6. The summed E-state index contributed by atoms with van der Waals surface area (Å²) in [5.41, 5.74) is 1.96. The molecule has 102 valence electrons. The van der Waals surface area contributed by atoms with Crippen LogP contribution < -0.4 is 5.32 Å². The van der Waals surface area contributed by atoms with Crippen LogP contribution in [0.5, 0.6) is 0 Å². The highest BCUT2D eigenvalue weighted by Gasteiger charge is 2.15. The van der Waals surface area contributed by atoms with Gasteiger partial charge in [0.05, 0.1) is 12.1 Å². The van der Waals surface area contributed by atoms with Crippen molar-refractivity contribution in [2.24, 2.45) is 7.05 Å². The second kappa shape index (κ2) is 6.28. The molecule has 2 aromatic heterocycles. The quantitative estimate of drug-likeness (QED) is 0.799. The molecular formula is C11H15N5O2S. The lowest BCUT2D eigenvalue weighted by atomic mass is 10.4. The Morgan fingerprint density at radius 3 is 3.11 bits per heavy atom. The van der Waals surface area contributed by atoms with E-state index in [1.807, 2.05) is 11.6 Å². The van der Waals surface area contributed by atoms with Crippen molar-refractivity contribution in [3.8, 4) is 0 Å². The van der Waals surface area contributed by atoms with Crippen molar-refractivity contribution in [1.29, 1.82) is 0 Å². The second-order valence-corrected chi connectivity index (χ2v) is 4.64. The van der Waals surface area contributed by atoms with Crippen molar-refractivity contribution in [1.82, 2.24) is 19.7 Å². The fourth-order valence-corrected chi connectivity index (χ4v) is 2.23. The van der Waals surface area contributed by atoms with E-state index >= 15 is 0 Å². The molecule has 1 N–H and O–H groups in total. The molecule has 0 spiro atoms. The first kappa shape index (κ1) is 13.5. The number of aryl methyl sites for hydroxylation is 1. The summed E-state index contributed by atoms with van der Waals surface area (Å²) in [5, 5.41) is 11.7. The molecule has 0 aliphatic carbocycles. The number of carbonyl (C=O) groups excluding carboxylic acids is 1. The van der Waals surface area contributed by atoms with Crippen molar-refractivity contribution >= 4 is 22.3 Å². The molecule has 7 nitrogen and oxygen atoms in total. The van der Waals surface area contributed by atoms with Crippen molar-refractivity contribution in [3.05, 3.63) is 23.4 Å².